The standard InChI is InChI=1S/C20H23NOS/c22-23(19-6-5-17-3-1-2-4-18(17)10-19)21-20-11-14-7-15(12-20)9-16(8-14)13-20/h1-6,10,14-16,21H,7-9,11-13H2/t14?,15?,16?,20?,23-/m0/s1. The molecule has 4 bridgehead atoms. The topological polar surface area (TPSA) is 29.1 Å². The van der Waals surface area contributed by atoms with Crippen LogP contribution in [0, 0.1) is 17.8 Å². The van der Waals surface area contributed by atoms with Crippen molar-refractivity contribution in [2.75, 3.05) is 0 Å². The summed E-state index contributed by atoms with van der Waals surface area (Å²) in [7, 11) is -1.10. The molecule has 120 valence electrons. The highest BCUT2D eigenvalue weighted by atomic mass is 32.2. The highest BCUT2D eigenvalue weighted by molar-refractivity contribution is 7.83. The Bertz CT molecular complexity index is 749. The van der Waals surface area contributed by atoms with Crippen molar-refractivity contribution in [3.63, 3.8) is 0 Å². The first-order chi connectivity index (χ1) is 11.2. The Morgan fingerprint density at radius 1 is 0.870 bits per heavy atom. The zero-order valence-electron chi connectivity index (χ0n) is 13.3. The number of hydrogen-bond acceptors (Lipinski definition) is 1. The van der Waals surface area contributed by atoms with Gasteiger partial charge in [-0.2, -0.15) is 0 Å². The zero-order chi connectivity index (χ0) is 15.4. The van der Waals surface area contributed by atoms with E-state index in [0.29, 0.717) is 0 Å². The first-order valence-corrected chi connectivity index (χ1v) is 10.0. The molecule has 4 aliphatic carbocycles. The van der Waals surface area contributed by atoms with Gasteiger partial charge in [0.15, 0.2) is 0 Å². The lowest BCUT2D eigenvalue weighted by Crippen LogP contribution is -2.58. The van der Waals surface area contributed by atoms with Gasteiger partial charge in [-0.1, -0.05) is 30.3 Å². The van der Waals surface area contributed by atoms with E-state index in [0.717, 1.165) is 22.6 Å². The first-order valence-electron chi connectivity index (χ1n) is 8.88. The van der Waals surface area contributed by atoms with E-state index in [4.69, 9.17) is 0 Å². The van der Waals surface area contributed by atoms with Gasteiger partial charge in [-0.3, -0.25) is 0 Å². The van der Waals surface area contributed by atoms with Gasteiger partial charge < -0.3 is 0 Å². The van der Waals surface area contributed by atoms with Crippen LogP contribution in [0.25, 0.3) is 10.8 Å². The van der Waals surface area contributed by atoms with Crippen LogP contribution >= 0.6 is 0 Å². The third kappa shape index (κ3) is 2.45. The van der Waals surface area contributed by atoms with Gasteiger partial charge in [-0.05, 0) is 79.2 Å². The molecule has 2 aromatic carbocycles. The van der Waals surface area contributed by atoms with Crippen molar-refractivity contribution >= 4 is 21.8 Å². The molecular weight excluding hydrogens is 302 g/mol. The van der Waals surface area contributed by atoms with Crippen LogP contribution in [-0.4, -0.2) is 9.75 Å². The van der Waals surface area contributed by atoms with E-state index < -0.39 is 11.0 Å². The zero-order valence-corrected chi connectivity index (χ0v) is 14.1. The molecule has 4 aliphatic rings. The molecule has 1 atom stereocenters. The maximum Gasteiger partial charge on any atom is 0.125 e. The van der Waals surface area contributed by atoms with E-state index in [2.05, 4.69) is 29.0 Å². The summed E-state index contributed by atoms with van der Waals surface area (Å²) in [5.74, 6) is 2.63. The van der Waals surface area contributed by atoms with Gasteiger partial charge in [0.25, 0.3) is 0 Å². The molecule has 6 rings (SSSR count). The fourth-order valence-corrected chi connectivity index (χ4v) is 6.96. The predicted molar refractivity (Wildman–Crippen MR) is 94.4 cm³/mol. The van der Waals surface area contributed by atoms with Crippen LogP contribution in [0.15, 0.2) is 47.4 Å². The molecule has 0 heterocycles. The Kier molecular flexibility index (Phi) is 3.18. The Balaban J connectivity index is 1.42. The molecule has 0 amide bonds. The van der Waals surface area contributed by atoms with E-state index in [1.165, 1.54) is 49.3 Å². The minimum absolute atomic E-state index is 0.144. The number of benzene rings is 2. The molecule has 1 N–H and O–H groups in total. The van der Waals surface area contributed by atoms with Gasteiger partial charge in [0, 0.05) is 5.54 Å². The van der Waals surface area contributed by atoms with Gasteiger partial charge >= 0.3 is 0 Å². The maximum atomic E-state index is 13.0. The fourth-order valence-electron chi connectivity index (χ4n) is 5.77. The molecule has 4 saturated carbocycles. The van der Waals surface area contributed by atoms with Gasteiger partial charge in [0.05, 0.1) is 4.90 Å². The average Bonchev–Trinajstić information content (AvgIpc) is 2.52. The molecule has 0 saturated heterocycles. The molecule has 23 heavy (non-hydrogen) atoms. The number of rotatable bonds is 3. The summed E-state index contributed by atoms with van der Waals surface area (Å²) in [6, 6.07) is 14.5. The van der Waals surface area contributed by atoms with E-state index in [1.54, 1.807) is 0 Å². The lowest BCUT2D eigenvalue weighted by molar-refractivity contribution is -0.00748. The van der Waals surface area contributed by atoms with Crippen molar-refractivity contribution in [1.29, 1.82) is 0 Å². The second-order valence-corrected chi connectivity index (χ2v) is 9.29. The first kappa shape index (κ1) is 14.2. The quantitative estimate of drug-likeness (QED) is 0.889. The summed E-state index contributed by atoms with van der Waals surface area (Å²) in [5, 5.41) is 2.38. The van der Waals surface area contributed by atoms with Crippen LogP contribution in [0.1, 0.15) is 38.5 Å². The van der Waals surface area contributed by atoms with Crippen molar-refractivity contribution in [3.05, 3.63) is 42.5 Å². The summed E-state index contributed by atoms with van der Waals surface area (Å²) >= 11 is 0. The third-order valence-electron chi connectivity index (χ3n) is 6.28. The smallest absolute Gasteiger partial charge is 0.125 e. The molecule has 0 aliphatic heterocycles. The number of nitrogens with one attached hydrogen (secondary N) is 1. The van der Waals surface area contributed by atoms with Crippen molar-refractivity contribution in [3.8, 4) is 0 Å². The van der Waals surface area contributed by atoms with Crippen LogP contribution in [0.2, 0.25) is 0 Å². The largest absolute Gasteiger partial charge is 0.237 e. The van der Waals surface area contributed by atoms with Crippen LogP contribution < -0.4 is 4.72 Å². The molecule has 0 spiro atoms. The van der Waals surface area contributed by atoms with Gasteiger partial charge in [0.2, 0.25) is 0 Å². The fraction of sp³-hybridized carbons (Fsp3) is 0.500. The number of hydrogen-bond donors (Lipinski definition) is 1. The van der Waals surface area contributed by atoms with Crippen LogP contribution in [-0.2, 0) is 11.0 Å². The summed E-state index contributed by atoms with van der Waals surface area (Å²) in [4.78, 5) is 0.916. The van der Waals surface area contributed by atoms with Crippen LogP contribution in [0.5, 0.6) is 0 Å². The molecule has 4 fully saturated rings. The molecule has 0 unspecified atom stereocenters. The van der Waals surface area contributed by atoms with Crippen molar-refractivity contribution in [1.82, 2.24) is 4.72 Å². The summed E-state index contributed by atoms with van der Waals surface area (Å²) in [6.07, 6.45) is 7.96. The molecule has 0 radical (unpaired) electrons. The molecule has 2 aromatic rings. The van der Waals surface area contributed by atoms with Gasteiger partial charge in [-0.15, -0.1) is 0 Å². The highest BCUT2D eigenvalue weighted by Gasteiger charge is 2.51. The van der Waals surface area contributed by atoms with Crippen molar-refractivity contribution in [2.24, 2.45) is 17.8 Å². The normalized spacial score (nSPS) is 36.4. The molecular formula is C20H23NOS. The summed E-state index contributed by atoms with van der Waals surface area (Å²) < 4.78 is 16.6. The minimum Gasteiger partial charge on any atom is -0.237 e. The Morgan fingerprint density at radius 2 is 1.48 bits per heavy atom. The Labute approximate surface area is 140 Å². The second-order valence-electron chi connectivity index (χ2n) is 8.08. The maximum absolute atomic E-state index is 13.0. The second kappa shape index (κ2) is 5.15. The van der Waals surface area contributed by atoms with Crippen LogP contribution in [0.3, 0.4) is 0 Å². The van der Waals surface area contributed by atoms with Crippen molar-refractivity contribution < 1.29 is 4.21 Å². The summed E-state index contributed by atoms with van der Waals surface area (Å²) in [6.45, 7) is 0. The lowest BCUT2D eigenvalue weighted by Gasteiger charge is -2.56. The van der Waals surface area contributed by atoms with E-state index >= 15 is 0 Å². The minimum atomic E-state index is -1.10. The van der Waals surface area contributed by atoms with E-state index in [-0.39, 0.29) is 5.54 Å². The van der Waals surface area contributed by atoms with Crippen molar-refractivity contribution in [2.45, 2.75) is 49.0 Å². The monoisotopic (exact) mass is 325 g/mol. The number of fused-ring (bicyclic) bond motifs is 1. The van der Waals surface area contributed by atoms with Crippen LogP contribution in [0.4, 0.5) is 0 Å². The molecule has 0 aromatic heterocycles. The Hall–Kier alpha value is -1.19. The van der Waals surface area contributed by atoms with E-state index in [9.17, 15) is 4.21 Å². The predicted octanol–water partition coefficient (Wildman–Crippen LogP) is 4.42. The third-order valence-corrected chi connectivity index (χ3v) is 7.58. The van der Waals surface area contributed by atoms with Gasteiger partial charge in [0.1, 0.15) is 11.0 Å². The molecule has 2 nitrogen and oxygen atoms in total. The van der Waals surface area contributed by atoms with Gasteiger partial charge in [-0.25, -0.2) is 8.93 Å². The highest BCUT2D eigenvalue weighted by Crippen LogP contribution is 2.55. The SMILES string of the molecule is O=[S@](NC12CC3CC(CC(C3)C1)C2)c1ccc2ccccc2c1. The average molecular weight is 325 g/mol. The van der Waals surface area contributed by atoms with E-state index in [1.807, 2.05) is 18.2 Å². The Morgan fingerprint density at radius 3 is 2.13 bits per heavy atom. The lowest BCUT2D eigenvalue weighted by atomic mass is 9.53. The molecule has 3 heteroatoms. The summed E-state index contributed by atoms with van der Waals surface area (Å²) in [5.41, 5.74) is 0.144.